The molecule has 4 heteroatoms. The van der Waals surface area contributed by atoms with E-state index in [2.05, 4.69) is 10.2 Å². The minimum Gasteiger partial charge on any atom is -0.343 e. The van der Waals surface area contributed by atoms with E-state index in [1.54, 1.807) is 14.1 Å². The molecule has 0 aromatic carbocycles. The van der Waals surface area contributed by atoms with Crippen molar-refractivity contribution in [1.82, 2.24) is 15.1 Å². The third-order valence-electron chi connectivity index (χ3n) is 1.86. The molecule has 66 valence electrons. The fourth-order valence-corrected chi connectivity index (χ4v) is 0.905. The Balaban J connectivity index is 3.04. The van der Waals surface area contributed by atoms with Gasteiger partial charge < -0.3 is 4.90 Å². The summed E-state index contributed by atoms with van der Waals surface area (Å²) in [7, 11) is 3.43. The average molecular weight is 167 g/mol. The standard InChI is InChI=1S/C8H13N3O/c1-5-6(2)9-10-7(5)8(12)11(3)4/h1-4H3,(H,9,10). The minimum atomic E-state index is -0.0585. The molecule has 1 aromatic heterocycles. The smallest absolute Gasteiger partial charge is 0.274 e. The zero-order valence-corrected chi connectivity index (χ0v) is 7.80. The van der Waals surface area contributed by atoms with Gasteiger partial charge in [0.05, 0.1) is 0 Å². The summed E-state index contributed by atoms with van der Waals surface area (Å²) in [4.78, 5) is 12.9. The summed E-state index contributed by atoms with van der Waals surface area (Å²) in [5.41, 5.74) is 2.38. The lowest BCUT2D eigenvalue weighted by Crippen LogP contribution is -2.22. The monoisotopic (exact) mass is 167 g/mol. The Labute approximate surface area is 71.6 Å². The Morgan fingerprint density at radius 1 is 1.42 bits per heavy atom. The molecular formula is C8H13N3O. The van der Waals surface area contributed by atoms with E-state index in [0.29, 0.717) is 5.69 Å². The van der Waals surface area contributed by atoms with Crippen LogP contribution in [0.4, 0.5) is 0 Å². The Hall–Kier alpha value is -1.32. The van der Waals surface area contributed by atoms with Crippen molar-refractivity contribution in [1.29, 1.82) is 0 Å². The zero-order chi connectivity index (χ0) is 9.30. The molecule has 0 unspecified atom stereocenters. The molecule has 0 bridgehead atoms. The van der Waals surface area contributed by atoms with E-state index in [1.807, 2.05) is 13.8 Å². The summed E-state index contributed by atoms with van der Waals surface area (Å²) in [6.45, 7) is 3.78. The second kappa shape index (κ2) is 2.97. The van der Waals surface area contributed by atoms with Gasteiger partial charge in [0, 0.05) is 25.4 Å². The van der Waals surface area contributed by atoms with Crippen LogP contribution in [0.25, 0.3) is 0 Å². The first-order chi connectivity index (χ1) is 5.54. The van der Waals surface area contributed by atoms with Gasteiger partial charge in [-0.1, -0.05) is 0 Å². The van der Waals surface area contributed by atoms with Crippen molar-refractivity contribution < 1.29 is 4.79 Å². The van der Waals surface area contributed by atoms with Gasteiger partial charge in [0.1, 0.15) is 0 Å². The maximum atomic E-state index is 11.4. The second-order valence-electron chi connectivity index (χ2n) is 3.02. The normalized spacial score (nSPS) is 10.0. The number of nitrogens with zero attached hydrogens (tertiary/aromatic N) is 2. The van der Waals surface area contributed by atoms with E-state index < -0.39 is 0 Å². The molecule has 1 rings (SSSR count). The minimum absolute atomic E-state index is 0.0585. The van der Waals surface area contributed by atoms with Crippen molar-refractivity contribution in [2.45, 2.75) is 13.8 Å². The van der Waals surface area contributed by atoms with Gasteiger partial charge in [-0.3, -0.25) is 9.89 Å². The lowest BCUT2D eigenvalue weighted by molar-refractivity contribution is 0.0821. The number of aromatic nitrogens is 2. The molecular weight excluding hydrogens is 154 g/mol. The fraction of sp³-hybridized carbons (Fsp3) is 0.500. The molecule has 1 heterocycles. The number of hydrogen-bond acceptors (Lipinski definition) is 2. The van der Waals surface area contributed by atoms with E-state index in [9.17, 15) is 4.79 Å². The van der Waals surface area contributed by atoms with E-state index in [-0.39, 0.29) is 5.91 Å². The van der Waals surface area contributed by atoms with Gasteiger partial charge >= 0.3 is 0 Å². The molecule has 4 nitrogen and oxygen atoms in total. The maximum Gasteiger partial charge on any atom is 0.274 e. The first-order valence-corrected chi connectivity index (χ1v) is 3.77. The highest BCUT2D eigenvalue weighted by atomic mass is 16.2. The average Bonchev–Trinajstić information content (AvgIpc) is 2.32. The predicted molar refractivity (Wildman–Crippen MR) is 46.1 cm³/mol. The Bertz CT molecular complexity index is 301. The highest BCUT2D eigenvalue weighted by molar-refractivity contribution is 5.93. The number of nitrogens with one attached hydrogen (secondary N) is 1. The van der Waals surface area contributed by atoms with Crippen molar-refractivity contribution in [2.75, 3.05) is 14.1 Å². The molecule has 0 atom stereocenters. The zero-order valence-electron chi connectivity index (χ0n) is 7.80. The quantitative estimate of drug-likeness (QED) is 0.670. The number of carbonyl (C=O) groups excluding carboxylic acids is 1. The number of H-pyrrole nitrogens is 1. The Morgan fingerprint density at radius 3 is 2.33 bits per heavy atom. The van der Waals surface area contributed by atoms with Crippen LogP contribution in [0.5, 0.6) is 0 Å². The molecule has 1 aromatic rings. The summed E-state index contributed by atoms with van der Waals surface area (Å²) in [5, 5.41) is 6.70. The highest BCUT2D eigenvalue weighted by Crippen LogP contribution is 2.09. The molecule has 0 aliphatic heterocycles. The number of aryl methyl sites for hydroxylation is 1. The lowest BCUT2D eigenvalue weighted by Gasteiger charge is -2.07. The molecule has 0 spiro atoms. The van der Waals surface area contributed by atoms with Gasteiger partial charge in [0.25, 0.3) is 5.91 Å². The van der Waals surface area contributed by atoms with Crippen LogP contribution in [0, 0.1) is 13.8 Å². The van der Waals surface area contributed by atoms with Crippen LogP contribution in [-0.4, -0.2) is 35.1 Å². The van der Waals surface area contributed by atoms with E-state index in [1.165, 1.54) is 4.90 Å². The van der Waals surface area contributed by atoms with Crippen LogP contribution in [0.1, 0.15) is 21.7 Å². The number of aromatic amines is 1. The molecule has 0 aliphatic rings. The third kappa shape index (κ3) is 1.32. The van der Waals surface area contributed by atoms with E-state index >= 15 is 0 Å². The number of rotatable bonds is 1. The van der Waals surface area contributed by atoms with Crippen molar-refractivity contribution in [3.8, 4) is 0 Å². The molecule has 0 saturated heterocycles. The Kier molecular flexibility index (Phi) is 2.17. The van der Waals surface area contributed by atoms with Crippen molar-refractivity contribution in [3.05, 3.63) is 17.0 Å². The highest BCUT2D eigenvalue weighted by Gasteiger charge is 2.15. The fourth-order valence-electron chi connectivity index (χ4n) is 0.905. The second-order valence-corrected chi connectivity index (χ2v) is 3.02. The predicted octanol–water partition coefficient (Wildman–Crippen LogP) is 0.728. The topological polar surface area (TPSA) is 49.0 Å². The summed E-state index contributed by atoms with van der Waals surface area (Å²) in [6.07, 6.45) is 0. The Morgan fingerprint density at radius 2 is 2.00 bits per heavy atom. The summed E-state index contributed by atoms with van der Waals surface area (Å²) < 4.78 is 0. The van der Waals surface area contributed by atoms with Crippen LogP contribution in [0.2, 0.25) is 0 Å². The number of amides is 1. The van der Waals surface area contributed by atoms with Crippen molar-refractivity contribution >= 4 is 5.91 Å². The van der Waals surface area contributed by atoms with E-state index in [4.69, 9.17) is 0 Å². The lowest BCUT2D eigenvalue weighted by atomic mass is 10.2. The summed E-state index contributed by atoms with van der Waals surface area (Å²) in [5.74, 6) is -0.0585. The largest absolute Gasteiger partial charge is 0.343 e. The molecule has 12 heavy (non-hydrogen) atoms. The molecule has 0 aliphatic carbocycles. The molecule has 0 fully saturated rings. The maximum absolute atomic E-state index is 11.4. The van der Waals surface area contributed by atoms with Gasteiger partial charge in [-0.2, -0.15) is 5.10 Å². The van der Waals surface area contributed by atoms with Crippen LogP contribution >= 0.6 is 0 Å². The van der Waals surface area contributed by atoms with Gasteiger partial charge in [0.2, 0.25) is 0 Å². The SMILES string of the molecule is Cc1[nH]nc(C(=O)N(C)C)c1C. The molecule has 0 saturated carbocycles. The molecule has 1 amide bonds. The van der Waals surface area contributed by atoms with Gasteiger partial charge in [-0.15, -0.1) is 0 Å². The van der Waals surface area contributed by atoms with Gasteiger partial charge in [-0.05, 0) is 13.8 Å². The van der Waals surface area contributed by atoms with Gasteiger partial charge in [0.15, 0.2) is 5.69 Å². The van der Waals surface area contributed by atoms with Crippen molar-refractivity contribution in [3.63, 3.8) is 0 Å². The molecule has 1 N–H and O–H groups in total. The van der Waals surface area contributed by atoms with Crippen LogP contribution < -0.4 is 0 Å². The van der Waals surface area contributed by atoms with E-state index in [0.717, 1.165) is 11.3 Å². The van der Waals surface area contributed by atoms with Crippen LogP contribution in [0.3, 0.4) is 0 Å². The molecule has 0 radical (unpaired) electrons. The van der Waals surface area contributed by atoms with Crippen LogP contribution in [0.15, 0.2) is 0 Å². The summed E-state index contributed by atoms with van der Waals surface area (Å²) >= 11 is 0. The number of carbonyl (C=O) groups is 1. The summed E-state index contributed by atoms with van der Waals surface area (Å²) in [6, 6.07) is 0. The first-order valence-electron chi connectivity index (χ1n) is 3.77. The van der Waals surface area contributed by atoms with Crippen molar-refractivity contribution in [2.24, 2.45) is 0 Å². The number of hydrogen-bond donors (Lipinski definition) is 1. The first kappa shape index (κ1) is 8.77. The van der Waals surface area contributed by atoms with Gasteiger partial charge in [-0.25, -0.2) is 0 Å². The van der Waals surface area contributed by atoms with Crippen LogP contribution in [-0.2, 0) is 0 Å². The third-order valence-corrected chi connectivity index (χ3v) is 1.86.